The van der Waals surface area contributed by atoms with Crippen LogP contribution in [0.4, 0.5) is 0 Å². The molecule has 0 aromatic rings. The van der Waals surface area contributed by atoms with Crippen molar-refractivity contribution in [3.05, 3.63) is 0 Å². The van der Waals surface area contributed by atoms with Gasteiger partial charge >= 0.3 is 11.9 Å². The van der Waals surface area contributed by atoms with Crippen LogP contribution in [0.5, 0.6) is 0 Å². The third kappa shape index (κ3) is 20.1. The van der Waals surface area contributed by atoms with Gasteiger partial charge in [0.05, 0.1) is 0 Å². The van der Waals surface area contributed by atoms with E-state index in [4.69, 9.17) is 9.94 Å². The van der Waals surface area contributed by atoms with Crippen LogP contribution in [0, 0.1) is 0 Å². The number of carboxylic acid groups (broad SMARTS) is 1. The van der Waals surface area contributed by atoms with Gasteiger partial charge in [0.15, 0.2) is 0 Å². The van der Waals surface area contributed by atoms with E-state index in [0.717, 1.165) is 32.1 Å². The van der Waals surface area contributed by atoms with E-state index in [1.54, 1.807) is 0 Å². The molecule has 1 saturated heterocycles. The Morgan fingerprint density at radius 3 is 1.05 bits per heavy atom. The Kier molecular flexibility index (Phi) is 21.7. The zero-order chi connectivity index (χ0) is 27.7. The topological polar surface area (TPSA) is 101 Å². The molecule has 0 atom stereocenters. The Balaban J connectivity index is 1.69. The average Bonchev–Trinajstić information content (AvgIpc) is 3.20. The lowest BCUT2D eigenvalue weighted by atomic mass is 10.0. The molecule has 7 heteroatoms. The normalized spacial score (nSPS) is 13.4. The molecule has 220 valence electrons. The number of hydrogen-bond acceptors (Lipinski definition) is 5. The molecular weight excluding hydrogens is 482 g/mol. The molecule has 1 aliphatic rings. The number of carboxylic acids is 1. The van der Waals surface area contributed by atoms with Gasteiger partial charge in [-0.1, -0.05) is 135 Å². The smallest absolute Gasteiger partial charge is 0.333 e. The van der Waals surface area contributed by atoms with Gasteiger partial charge in [-0.3, -0.25) is 14.4 Å². The standard InChI is InChI=1S/C31H55NO6/c33-28-26-27-29(34)32(28)38-31(37)25-23-21-19-17-15-13-11-9-7-5-3-1-2-4-6-8-10-12-14-16-18-20-22-24-30(35)36/h1-27H2,(H,35,36). The lowest BCUT2D eigenvalue weighted by Gasteiger charge is -2.12. The summed E-state index contributed by atoms with van der Waals surface area (Å²) in [6.45, 7) is 0. The predicted octanol–water partition coefficient (Wildman–Crippen LogP) is 8.43. The van der Waals surface area contributed by atoms with Crippen LogP contribution in [-0.2, 0) is 24.0 Å². The van der Waals surface area contributed by atoms with E-state index in [9.17, 15) is 19.2 Å². The highest BCUT2D eigenvalue weighted by molar-refractivity contribution is 6.01. The first-order valence-corrected chi connectivity index (χ1v) is 15.8. The van der Waals surface area contributed by atoms with Crippen LogP contribution in [0.1, 0.15) is 173 Å². The van der Waals surface area contributed by atoms with Crippen LogP contribution in [0.25, 0.3) is 0 Å². The first-order chi connectivity index (χ1) is 18.5. The van der Waals surface area contributed by atoms with Gasteiger partial charge < -0.3 is 9.94 Å². The van der Waals surface area contributed by atoms with Gasteiger partial charge in [-0.2, -0.15) is 0 Å². The van der Waals surface area contributed by atoms with Gasteiger partial charge in [-0.15, -0.1) is 5.06 Å². The summed E-state index contributed by atoms with van der Waals surface area (Å²) < 4.78 is 0. The third-order valence-corrected chi connectivity index (χ3v) is 7.47. The van der Waals surface area contributed by atoms with Crippen molar-refractivity contribution in [2.24, 2.45) is 0 Å². The van der Waals surface area contributed by atoms with Gasteiger partial charge in [0.1, 0.15) is 0 Å². The molecule has 1 fully saturated rings. The van der Waals surface area contributed by atoms with Gasteiger partial charge in [0.2, 0.25) is 0 Å². The molecule has 0 unspecified atom stereocenters. The Hall–Kier alpha value is -1.92. The van der Waals surface area contributed by atoms with Crippen molar-refractivity contribution < 1.29 is 29.1 Å². The van der Waals surface area contributed by atoms with Crippen LogP contribution >= 0.6 is 0 Å². The van der Waals surface area contributed by atoms with Crippen molar-refractivity contribution in [3.8, 4) is 0 Å². The number of carbonyl (C=O) groups is 4. The fourth-order valence-electron chi connectivity index (χ4n) is 5.06. The van der Waals surface area contributed by atoms with E-state index in [-0.39, 0.29) is 19.3 Å². The molecule has 2 amide bonds. The van der Waals surface area contributed by atoms with Crippen LogP contribution in [-0.4, -0.2) is 33.9 Å². The van der Waals surface area contributed by atoms with E-state index >= 15 is 0 Å². The minimum absolute atomic E-state index is 0.135. The lowest BCUT2D eigenvalue weighted by molar-refractivity contribution is -0.197. The molecule has 1 rings (SSSR count). The second-order valence-electron chi connectivity index (χ2n) is 11.1. The molecule has 1 N–H and O–H groups in total. The Morgan fingerprint density at radius 2 is 0.763 bits per heavy atom. The largest absolute Gasteiger partial charge is 0.481 e. The number of rotatable bonds is 27. The first-order valence-electron chi connectivity index (χ1n) is 15.8. The number of nitrogens with zero attached hydrogens (tertiary/aromatic N) is 1. The second-order valence-corrected chi connectivity index (χ2v) is 11.1. The summed E-state index contributed by atoms with van der Waals surface area (Å²) in [5.41, 5.74) is 0. The van der Waals surface area contributed by atoms with E-state index in [2.05, 4.69) is 0 Å². The number of unbranched alkanes of at least 4 members (excludes halogenated alkanes) is 22. The molecule has 7 nitrogen and oxygen atoms in total. The summed E-state index contributed by atoms with van der Waals surface area (Å²) in [5, 5.41) is 9.24. The zero-order valence-corrected chi connectivity index (χ0v) is 24.0. The summed E-state index contributed by atoms with van der Waals surface area (Å²) in [6, 6.07) is 0. The van der Waals surface area contributed by atoms with Crippen molar-refractivity contribution in [1.82, 2.24) is 5.06 Å². The van der Waals surface area contributed by atoms with Crippen molar-refractivity contribution >= 4 is 23.8 Å². The van der Waals surface area contributed by atoms with E-state index in [1.165, 1.54) is 116 Å². The summed E-state index contributed by atoms with van der Waals surface area (Å²) in [4.78, 5) is 49.9. The fourth-order valence-corrected chi connectivity index (χ4v) is 5.06. The summed E-state index contributed by atoms with van der Waals surface area (Å²) in [5.74, 6) is -1.99. The number of hydroxylamine groups is 2. The van der Waals surface area contributed by atoms with Crippen molar-refractivity contribution in [2.75, 3.05) is 0 Å². The first kappa shape index (κ1) is 34.1. The van der Waals surface area contributed by atoms with E-state index < -0.39 is 23.8 Å². The minimum Gasteiger partial charge on any atom is -0.481 e. The highest BCUT2D eigenvalue weighted by Gasteiger charge is 2.32. The Labute approximate surface area is 231 Å². The van der Waals surface area contributed by atoms with Gasteiger partial charge in [0.25, 0.3) is 11.8 Å². The number of imide groups is 1. The zero-order valence-electron chi connectivity index (χ0n) is 24.0. The number of carbonyl (C=O) groups excluding carboxylic acids is 3. The molecule has 1 heterocycles. The SMILES string of the molecule is O=C(O)CCCCCCCCCCCCCCCCCCCCCCCCCC(=O)ON1C(=O)CCC1=O. The van der Waals surface area contributed by atoms with Gasteiger partial charge in [-0.05, 0) is 12.8 Å². The summed E-state index contributed by atoms with van der Waals surface area (Å²) in [7, 11) is 0. The van der Waals surface area contributed by atoms with E-state index in [1.807, 2.05) is 0 Å². The van der Waals surface area contributed by atoms with Crippen LogP contribution < -0.4 is 0 Å². The highest BCUT2D eigenvalue weighted by Crippen LogP contribution is 2.17. The van der Waals surface area contributed by atoms with Gasteiger partial charge in [0, 0.05) is 25.7 Å². The summed E-state index contributed by atoms with van der Waals surface area (Å²) in [6.07, 6.45) is 29.5. The molecule has 1 aliphatic heterocycles. The highest BCUT2D eigenvalue weighted by atomic mass is 16.7. The summed E-state index contributed by atoms with van der Waals surface area (Å²) >= 11 is 0. The molecule has 0 bridgehead atoms. The molecule has 0 spiro atoms. The quantitative estimate of drug-likeness (QED) is 0.0833. The minimum atomic E-state index is -0.669. The van der Waals surface area contributed by atoms with Crippen LogP contribution in [0.15, 0.2) is 0 Å². The predicted molar refractivity (Wildman–Crippen MR) is 150 cm³/mol. The second kappa shape index (κ2) is 24.1. The van der Waals surface area contributed by atoms with Crippen molar-refractivity contribution in [1.29, 1.82) is 0 Å². The third-order valence-electron chi connectivity index (χ3n) is 7.47. The van der Waals surface area contributed by atoms with Gasteiger partial charge in [-0.25, -0.2) is 4.79 Å². The monoisotopic (exact) mass is 537 g/mol. The number of hydrogen-bond donors (Lipinski definition) is 1. The maximum absolute atomic E-state index is 11.7. The van der Waals surface area contributed by atoms with Crippen molar-refractivity contribution in [2.45, 2.75) is 173 Å². The number of amides is 2. The molecule has 38 heavy (non-hydrogen) atoms. The van der Waals surface area contributed by atoms with Crippen LogP contribution in [0.3, 0.4) is 0 Å². The maximum atomic E-state index is 11.7. The molecular formula is C31H55NO6. The Morgan fingerprint density at radius 1 is 0.500 bits per heavy atom. The average molecular weight is 538 g/mol. The van der Waals surface area contributed by atoms with E-state index in [0.29, 0.717) is 11.5 Å². The Bertz CT molecular complexity index is 634. The van der Waals surface area contributed by atoms with Crippen molar-refractivity contribution in [3.63, 3.8) is 0 Å². The molecule has 0 aromatic heterocycles. The number of aliphatic carboxylic acids is 1. The molecule has 0 saturated carbocycles. The molecule has 0 radical (unpaired) electrons. The maximum Gasteiger partial charge on any atom is 0.333 e. The molecule has 0 aromatic carbocycles. The lowest BCUT2D eigenvalue weighted by Crippen LogP contribution is -2.31. The molecule has 0 aliphatic carbocycles. The van der Waals surface area contributed by atoms with Crippen LogP contribution in [0.2, 0.25) is 0 Å². The fraction of sp³-hybridized carbons (Fsp3) is 0.871.